The maximum Gasteiger partial charge on any atom is 0.387 e. The van der Waals surface area contributed by atoms with Gasteiger partial charge in [-0.15, -0.1) is 11.3 Å². The molecule has 0 saturated carbocycles. The first-order chi connectivity index (χ1) is 13.6. The average Bonchev–Trinajstić information content (AvgIpc) is 3.19. The summed E-state index contributed by atoms with van der Waals surface area (Å²) in [6.07, 6.45) is 1.63. The van der Waals surface area contributed by atoms with Crippen LogP contribution in [0.25, 0.3) is 0 Å². The van der Waals surface area contributed by atoms with Crippen LogP contribution >= 0.6 is 11.3 Å². The summed E-state index contributed by atoms with van der Waals surface area (Å²) in [4.78, 5) is 6.55. The molecule has 6 nitrogen and oxygen atoms in total. The van der Waals surface area contributed by atoms with Gasteiger partial charge in [-0.05, 0) is 24.3 Å². The van der Waals surface area contributed by atoms with Crippen molar-refractivity contribution in [2.45, 2.75) is 11.5 Å². The summed E-state index contributed by atoms with van der Waals surface area (Å²) < 4.78 is 50.5. The van der Waals surface area contributed by atoms with Crippen molar-refractivity contribution in [1.82, 2.24) is 4.98 Å². The van der Waals surface area contributed by atoms with Crippen molar-refractivity contribution in [3.05, 3.63) is 54.0 Å². The minimum atomic E-state index is -2.88. The third-order valence-electron chi connectivity index (χ3n) is 3.98. The van der Waals surface area contributed by atoms with Crippen molar-refractivity contribution >= 4 is 38.8 Å². The largest absolute Gasteiger partial charge is 0.489 e. The first kappa shape index (κ1) is 18.6. The number of rotatable bonds is 6. The van der Waals surface area contributed by atoms with Crippen LogP contribution in [0.5, 0.6) is 11.5 Å². The number of fused-ring (bicyclic) bond motifs is 1. The van der Waals surface area contributed by atoms with E-state index in [4.69, 9.17) is 4.74 Å². The lowest BCUT2D eigenvalue weighted by atomic mass is 10.2. The van der Waals surface area contributed by atoms with Gasteiger partial charge in [-0.3, -0.25) is 4.72 Å². The van der Waals surface area contributed by atoms with Gasteiger partial charge in [-0.1, -0.05) is 6.07 Å². The molecule has 0 amide bonds. The van der Waals surface area contributed by atoms with Crippen LogP contribution in [0.4, 0.5) is 25.3 Å². The van der Waals surface area contributed by atoms with Crippen LogP contribution in [0.2, 0.25) is 0 Å². The minimum Gasteiger partial charge on any atom is -0.489 e. The van der Waals surface area contributed by atoms with Gasteiger partial charge in [-0.2, -0.15) is 8.78 Å². The van der Waals surface area contributed by atoms with Gasteiger partial charge in [0.25, 0.3) is 0 Å². The quantitative estimate of drug-likeness (QED) is 0.636. The Hall–Kier alpha value is -2.72. The summed E-state index contributed by atoms with van der Waals surface area (Å²) in [7, 11) is -1.48. The predicted molar refractivity (Wildman–Crippen MR) is 104 cm³/mol. The number of ether oxygens (including phenoxy) is 2. The molecule has 0 saturated heterocycles. The third-order valence-corrected chi connectivity index (χ3v) is 5.85. The maximum absolute atomic E-state index is 12.5. The third kappa shape index (κ3) is 4.07. The van der Waals surface area contributed by atoms with Crippen molar-refractivity contribution in [3.8, 4) is 11.5 Å². The molecular weight excluding hydrogens is 408 g/mol. The van der Waals surface area contributed by atoms with E-state index in [9.17, 15) is 13.0 Å². The molecular formula is C18H15F2N3O3S2. The molecule has 28 heavy (non-hydrogen) atoms. The number of halogens is 2. The van der Waals surface area contributed by atoms with Crippen LogP contribution in [0.15, 0.2) is 58.9 Å². The highest BCUT2D eigenvalue weighted by atomic mass is 32.2. The Kier molecular flexibility index (Phi) is 5.40. The zero-order valence-corrected chi connectivity index (χ0v) is 16.0. The summed E-state index contributed by atoms with van der Waals surface area (Å²) in [5.74, 6) is 0.657. The standard InChI is InChI=1S/C18H15F2N3O3S2/c19-17(20)26-13-3-1-2-12(10-13)23-7-8-25-16-11-14(4-5-15(16)23)28(24)22-18-21-6-9-27-18/h1-6,9-11,17H,7-8H2,(H,21,22). The smallest absolute Gasteiger partial charge is 0.387 e. The maximum atomic E-state index is 12.5. The van der Waals surface area contributed by atoms with E-state index in [-0.39, 0.29) is 5.75 Å². The van der Waals surface area contributed by atoms with Gasteiger partial charge < -0.3 is 14.4 Å². The van der Waals surface area contributed by atoms with Crippen LogP contribution in [0, 0.1) is 0 Å². The highest BCUT2D eigenvalue weighted by molar-refractivity contribution is 7.86. The molecule has 1 unspecified atom stereocenters. The molecule has 0 bridgehead atoms. The van der Waals surface area contributed by atoms with Crippen LogP contribution < -0.4 is 19.1 Å². The molecule has 0 radical (unpaired) electrons. The molecule has 1 aliphatic rings. The van der Waals surface area contributed by atoms with Crippen molar-refractivity contribution in [2.75, 3.05) is 22.8 Å². The van der Waals surface area contributed by atoms with Gasteiger partial charge in [-0.25, -0.2) is 9.19 Å². The molecule has 1 atom stereocenters. The predicted octanol–water partition coefficient (Wildman–Crippen LogP) is 4.41. The van der Waals surface area contributed by atoms with E-state index in [2.05, 4.69) is 14.4 Å². The normalized spacial score (nSPS) is 14.3. The number of hydrogen-bond acceptors (Lipinski definition) is 6. The molecule has 3 aromatic rings. The topological polar surface area (TPSA) is 63.7 Å². The lowest BCUT2D eigenvalue weighted by Gasteiger charge is -2.31. The van der Waals surface area contributed by atoms with Crippen molar-refractivity contribution in [3.63, 3.8) is 0 Å². The van der Waals surface area contributed by atoms with Crippen LogP contribution in [0.3, 0.4) is 0 Å². The zero-order valence-electron chi connectivity index (χ0n) is 14.4. The molecule has 2 heterocycles. The highest BCUT2D eigenvalue weighted by Gasteiger charge is 2.22. The van der Waals surface area contributed by atoms with Gasteiger partial charge in [0.2, 0.25) is 0 Å². The number of benzene rings is 2. The van der Waals surface area contributed by atoms with E-state index in [0.29, 0.717) is 34.6 Å². The fraction of sp³-hybridized carbons (Fsp3) is 0.167. The minimum absolute atomic E-state index is 0.0888. The number of thiazole rings is 1. The SMILES string of the molecule is O=S(Nc1nccs1)c1ccc2c(c1)OCCN2c1cccc(OC(F)F)c1. The average molecular weight is 423 g/mol. The van der Waals surface area contributed by atoms with E-state index in [1.807, 2.05) is 11.0 Å². The summed E-state index contributed by atoms with van der Waals surface area (Å²) >= 11 is 1.36. The second-order valence-corrected chi connectivity index (χ2v) is 7.82. The summed E-state index contributed by atoms with van der Waals surface area (Å²) in [5.41, 5.74) is 1.47. The molecule has 4 rings (SSSR count). The fourth-order valence-corrected chi connectivity index (χ4v) is 4.35. The van der Waals surface area contributed by atoms with Gasteiger partial charge in [0.05, 0.1) is 17.1 Å². The van der Waals surface area contributed by atoms with E-state index in [0.717, 1.165) is 5.69 Å². The van der Waals surface area contributed by atoms with Crippen LogP contribution in [0.1, 0.15) is 0 Å². The molecule has 1 aliphatic heterocycles. The van der Waals surface area contributed by atoms with Crippen LogP contribution in [-0.2, 0) is 11.0 Å². The van der Waals surface area contributed by atoms with Gasteiger partial charge in [0.1, 0.15) is 18.1 Å². The molecule has 0 spiro atoms. The van der Waals surface area contributed by atoms with E-state index in [1.165, 1.54) is 17.4 Å². The van der Waals surface area contributed by atoms with Crippen LogP contribution in [-0.4, -0.2) is 29.0 Å². The Labute approximate surface area is 166 Å². The summed E-state index contributed by atoms with van der Waals surface area (Å²) in [6, 6.07) is 11.7. The second kappa shape index (κ2) is 8.11. The van der Waals surface area contributed by atoms with Crippen molar-refractivity contribution in [1.29, 1.82) is 0 Å². The molecule has 0 aliphatic carbocycles. The molecule has 10 heteroatoms. The second-order valence-electron chi connectivity index (χ2n) is 5.71. The first-order valence-electron chi connectivity index (χ1n) is 8.27. The first-order valence-corrected chi connectivity index (χ1v) is 10.3. The highest BCUT2D eigenvalue weighted by Crippen LogP contribution is 2.39. The van der Waals surface area contributed by atoms with E-state index >= 15 is 0 Å². The Morgan fingerprint density at radius 1 is 1.29 bits per heavy atom. The van der Waals surface area contributed by atoms with Crippen molar-refractivity contribution in [2.24, 2.45) is 0 Å². The van der Waals surface area contributed by atoms with E-state index < -0.39 is 17.6 Å². The summed E-state index contributed by atoms with van der Waals surface area (Å²) in [6.45, 7) is -1.93. The Balaban J connectivity index is 1.59. The number of nitrogens with zero attached hydrogens (tertiary/aromatic N) is 2. The summed E-state index contributed by atoms with van der Waals surface area (Å²) in [5, 5.41) is 2.36. The molecule has 2 aromatic carbocycles. The zero-order chi connectivity index (χ0) is 19.5. The van der Waals surface area contributed by atoms with E-state index in [1.54, 1.807) is 41.9 Å². The van der Waals surface area contributed by atoms with Gasteiger partial charge in [0.15, 0.2) is 16.1 Å². The van der Waals surface area contributed by atoms with Gasteiger partial charge >= 0.3 is 6.61 Å². The Morgan fingerprint density at radius 3 is 2.96 bits per heavy atom. The monoisotopic (exact) mass is 423 g/mol. The molecule has 146 valence electrons. The lowest BCUT2D eigenvalue weighted by Crippen LogP contribution is -2.28. The number of hydrogen-bond donors (Lipinski definition) is 1. The Morgan fingerprint density at radius 2 is 2.18 bits per heavy atom. The lowest BCUT2D eigenvalue weighted by molar-refractivity contribution is -0.0498. The molecule has 1 aromatic heterocycles. The van der Waals surface area contributed by atoms with Gasteiger partial charge in [0, 0.05) is 29.4 Å². The number of anilines is 3. The van der Waals surface area contributed by atoms with Crippen molar-refractivity contribution < 1.29 is 22.5 Å². The number of nitrogens with one attached hydrogen (secondary N) is 1. The fourth-order valence-electron chi connectivity index (χ4n) is 2.82. The number of alkyl halides is 2. The Bertz CT molecular complexity index is 986. The number of aromatic nitrogens is 1. The molecule has 0 fully saturated rings. The molecule has 1 N–H and O–H groups in total.